The minimum absolute atomic E-state index is 0.197. The summed E-state index contributed by atoms with van der Waals surface area (Å²) in [7, 11) is 0. The number of carbonyl (C=O) groups excluding carboxylic acids is 1. The van der Waals surface area contributed by atoms with Crippen LogP contribution in [0.4, 0.5) is 0 Å². The number of aldehydes is 1. The van der Waals surface area contributed by atoms with Gasteiger partial charge in [-0.1, -0.05) is 0 Å². The second kappa shape index (κ2) is 7.25. The van der Waals surface area contributed by atoms with Gasteiger partial charge in [-0.25, -0.2) is 0 Å². The molecule has 9 atom stereocenters. The Balaban J connectivity index is 2.08. The van der Waals surface area contributed by atoms with Crippen LogP contribution < -0.4 is 0 Å². The number of rotatable bonds is 5. The molecule has 0 bridgehead atoms. The molecule has 0 aromatic rings. The molecular weight excluding hydrogens is 304 g/mol. The molecule has 10 heteroatoms. The van der Waals surface area contributed by atoms with Crippen molar-refractivity contribution < 1.29 is 49.6 Å². The third-order valence-corrected chi connectivity index (χ3v) is 3.78. The van der Waals surface area contributed by atoms with Crippen LogP contribution in [0.2, 0.25) is 0 Å². The average Bonchev–Trinajstić information content (AvgIpc) is 2.88. The molecule has 22 heavy (non-hydrogen) atoms. The summed E-state index contributed by atoms with van der Waals surface area (Å²) in [4.78, 5) is 10.6. The summed E-state index contributed by atoms with van der Waals surface area (Å²) in [6, 6.07) is 0. The largest absolute Gasteiger partial charge is 0.394 e. The van der Waals surface area contributed by atoms with E-state index in [9.17, 15) is 30.3 Å². The predicted molar refractivity (Wildman–Crippen MR) is 66.5 cm³/mol. The highest BCUT2D eigenvalue weighted by Crippen LogP contribution is 2.27. The lowest BCUT2D eigenvalue weighted by Crippen LogP contribution is -2.60. The maximum absolute atomic E-state index is 10.6. The van der Waals surface area contributed by atoms with Gasteiger partial charge in [-0.15, -0.1) is 0 Å². The van der Waals surface area contributed by atoms with Gasteiger partial charge in [0.05, 0.1) is 13.2 Å². The van der Waals surface area contributed by atoms with Crippen LogP contribution in [0, 0.1) is 0 Å². The van der Waals surface area contributed by atoms with Gasteiger partial charge < -0.3 is 49.6 Å². The zero-order valence-electron chi connectivity index (χ0n) is 11.5. The van der Waals surface area contributed by atoms with Gasteiger partial charge in [0.15, 0.2) is 12.6 Å². The third-order valence-electron chi connectivity index (χ3n) is 3.78. The van der Waals surface area contributed by atoms with E-state index in [2.05, 4.69) is 0 Å². The highest BCUT2D eigenvalue weighted by Gasteiger charge is 2.49. The van der Waals surface area contributed by atoms with Gasteiger partial charge in [-0.3, -0.25) is 0 Å². The minimum atomic E-state index is -1.65. The molecule has 2 fully saturated rings. The van der Waals surface area contributed by atoms with Crippen molar-refractivity contribution in [3.8, 4) is 0 Å². The lowest BCUT2D eigenvalue weighted by atomic mass is 9.99. The summed E-state index contributed by atoms with van der Waals surface area (Å²) >= 11 is 0. The molecule has 2 saturated heterocycles. The Morgan fingerprint density at radius 1 is 1.18 bits per heavy atom. The van der Waals surface area contributed by atoms with Gasteiger partial charge in [0.1, 0.15) is 48.8 Å². The standard InChI is InChI=1S/C12H20O10/c13-1-4(15)10-11(5(16)3-20-10)22-12-9(19)8(18)7(17)6(2-14)21-12/h1,4-12,14-19H,2-3H2/t4-,5+,6+,7-,8-,9+,10+,11-,12-/m0/s1. The number of hydrogen-bond donors (Lipinski definition) is 6. The Hall–Kier alpha value is -0.690. The second-order valence-electron chi connectivity index (χ2n) is 5.29. The minimum Gasteiger partial charge on any atom is -0.394 e. The summed E-state index contributed by atoms with van der Waals surface area (Å²) in [6.45, 7) is -0.827. The van der Waals surface area contributed by atoms with Crippen molar-refractivity contribution in [2.75, 3.05) is 13.2 Å². The summed E-state index contributed by atoms with van der Waals surface area (Å²) in [6.07, 6.45) is -12.4. The summed E-state index contributed by atoms with van der Waals surface area (Å²) in [5.41, 5.74) is 0. The first-order valence-electron chi connectivity index (χ1n) is 6.79. The zero-order valence-corrected chi connectivity index (χ0v) is 11.5. The monoisotopic (exact) mass is 324 g/mol. The Morgan fingerprint density at radius 3 is 2.45 bits per heavy atom. The molecule has 0 aromatic heterocycles. The van der Waals surface area contributed by atoms with E-state index in [0.29, 0.717) is 0 Å². The highest BCUT2D eigenvalue weighted by molar-refractivity contribution is 5.57. The van der Waals surface area contributed by atoms with Crippen LogP contribution in [0.5, 0.6) is 0 Å². The molecule has 0 amide bonds. The van der Waals surface area contributed by atoms with Crippen LogP contribution >= 0.6 is 0 Å². The van der Waals surface area contributed by atoms with E-state index < -0.39 is 61.7 Å². The van der Waals surface area contributed by atoms with Crippen molar-refractivity contribution in [2.45, 2.75) is 55.1 Å². The predicted octanol–water partition coefficient (Wildman–Crippen LogP) is -4.51. The Bertz CT molecular complexity index is 377. The molecule has 0 aliphatic carbocycles. The first-order chi connectivity index (χ1) is 10.4. The van der Waals surface area contributed by atoms with E-state index in [1.807, 2.05) is 0 Å². The first-order valence-corrected chi connectivity index (χ1v) is 6.79. The molecule has 0 unspecified atom stereocenters. The molecule has 0 spiro atoms. The first kappa shape index (κ1) is 17.7. The molecule has 0 aromatic carbocycles. The quantitative estimate of drug-likeness (QED) is 0.271. The van der Waals surface area contributed by atoms with E-state index >= 15 is 0 Å². The maximum Gasteiger partial charge on any atom is 0.187 e. The van der Waals surface area contributed by atoms with E-state index in [-0.39, 0.29) is 12.9 Å². The molecule has 10 nitrogen and oxygen atoms in total. The highest BCUT2D eigenvalue weighted by atomic mass is 16.7. The van der Waals surface area contributed by atoms with Crippen LogP contribution in [-0.2, 0) is 19.0 Å². The fourth-order valence-corrected chi connectivity index (χ4v) is 2.49. The van der Waals surface area contributed by atoms with Crippen molar-refractivity contribution in [3.63, 3.8) is 0 Å². The number of aliphatic hydroxyl groups excluding tert-OH is 6. The van der Waals surface area contributed by atoms with Crippen LogP contribution in [0.3, 0.4) is 0 Å². The van der Waals surface area contributed by atoms with Gasteiger partial charge in [-0.2, -0.15) is 0 Å². The van der Waals surface area contributed by atoms with Gasteiger partial charge in [0.25, 0.3) is 0 Å². The summed E-state index contributed by atoms with van der Waals surface area (Å²) < 4.78 is 15.5. The number of ether oxygens (including phenoxy) is 3. The van der Waals surface area contributed by atoms with E-state index in [1.165, 1.54) is 0 Å². The Labute approximate surface area is 125 Å². The molecule has 2 heterocycles. The topological polar surface area (TPSA) is 166 Å². The van der Waals surface area contributed by atoms with Crippen LogP contribution in [-0.4, -0.2) is 105 Å². The summed E-state index contributed by atoms with van der Waals surface area (Å²) in [5.74, 6) is 0. The van der Waals surface area contributed by atoms with Gasteiger partial charge in [0.2, 0.25) is 0 Å². The fourth-order valence-electron chi connectivity index (χ4n) is 2.49. The van der Waals surface area contributed by atoms with Gasteiger partial charge >= 0.3 is 0 Å². The van der Waals surface area contributed by atoms with Crippen molar-refractivity contribution in [3.05, 3.63) is 0 Å². The van der Waals surface area contributed by atoms with E-state index in [0.717, 1.165) is 0 Å². The molecule has 2 aliphatic heterocycles. The van der Waals surface area contributed by atoms with Crippen LogP contribution in [0.1, 0.15) is 0 Å². The van der Waals surface area contributed by atoms with Gasteiger partial charge in [0, 0.05) is 0 Å². The number of carbonyl (C=O) groups is 1. The van der Waals surface area contributed by atoms with Crippen molar-refractivity contribution in [2.24, 2.45) is 0 Å². The molecule has 2 rings (SSSR count). The molecule has 2 aliphatic rings. The normalized spacial score (nSPS) is 47.4. The number of aliphatic hydroxyl groups is 6. The molecule has 6 N–H and O–H groups in total. The Kier molecular flexibility index (Phi) is 5.82. The number of hydrogen-bond acceptors (Lipinski definition) is 10. The Morgan fingerprint density at radius 2 is 1.86 bits per heavy atom. The fraction of sp³-hybridized carbons (Fsp3) is 0.917. The molecule has 0 radical (unpaired) electrons. The molecular formula is C12H20O10. The van der Waals surface area contributed by atoms with Crippen molar-refractivity contribution in [1.82, 2.24) is 0 Å². The average molecular weight is 324 g/mol. The lowest BCUT2D eigenvalue weighted by molar-refractivity contribution is -0.318. The van der Waals surface area contributed by atoms with Crippen LogP contribution in [0.25, 0.3) is 0 Å². The van der Waals surface area contributed by atoms with Gasteiger partial charge in [-0.05, 0) is 0 Å². The van der Waals surface area contributed by atoms with E-state index in [1.54, 1.807) is 0 Å². The maximum atomic E-state index is 10.6. The SMILES string of the molecule is O=C[C@H](O)[C@H]1OC[C@@H](O)[C@@H]1O[C@@H]1O[C@H](CO)[C@H](O)[C@H](O)[C@H]1O. The lowest BCUT2D eigenvalue weighted by Gasteiger charge is -2.41. The third kappa shape index (κ3) is 3.30. The second-order valence-corrected chi connectivity index (χ2v) is 5.29. The smallest absolute Gasteiger partial charge is 0.187 e. The summed E-state index contributed by atoms with van der Waals surface area (Å²) in [5, 5.41) is 57.6. The van der Waals surface area contributed by atoms with Crippen LogP contribution in [0.15, 0.2) is 0 Å². The van der Waals surface area contributed by atoms with Crippen molar-refractivity contribution in [1.29, 1.82) is 0 Å². The zero-order chi connectivity index (χ0) is 16.4. The molecule has 128 valence electrons. The van der Waals surface area contributed by atoms with E-state index in [4.69, 9.17) is 19.3 Å². The molecule has 0 saturated carbocycles. The van der Waals surface area contributed by atoms with Crippen molar-refractivity contribution >= 4 is 6.29 Å².